The maximum Gasteiger partial charge on any atom is 0.239 e. The number of para-hydroxylation sites is 1. The lowest BCUT2D eigenvalue weighted by molar-refractivity contribution is -0.116. The van der Waals surface area contributed by atoms with E-state index in [-0.39, 0.29) is 11.2 Å². The molecule has 21 heavy (non-hydrogen) atoms. The molecule has 1 N–H and O–H groups in total. The van der Waals surface area contributed by atoms with Crippen LogP contribution in [0, 0.1) is 0 Å². The fraction of sp³-hybridized carbons (Fsp3) is 0.235. The van der Waals surface area contributed by atoms with E-state index < -0.39 is 4.75 Å². The Labute approximate surface area is 135 Å². The quantitative estimate of drug-likeness (QED) is 0.628. The summed E-state index contributed by atoms with van der Waals surface area (Å²) in [6, 6.07) is 19.4. The minimum absolute atomic E-state index is 0.0324. The summed E-state index contributed by atoms with van der Waals surface area (Å²) in [5.41, 5.74) is 0.804. The van der Waals surface area contributed by atoms with Crippen molar-refractivity contribution in [2.24, 2.45) is 0 Å². The van der Waals surface area contributed by atoms with Crippen LogP contribution in [-0.4, -0.2) is 15.9 Å². The van der Waals surface area contributed by atoms with E-state index in [4.69, 9.17) is 0 Å². The summed E-state index contributed by atoms with van der Waals surface area (Å²) in [6.45, 7) is 3.92. The monoisotopic (exact) mass is 317 g/mol. The normalized spacial score (nSPS) is 12.7. The zero-order valence-electron chi connectivity index (χ0n) is 12.1. The zero-order chi connectivity index (χ0) is 15.3. The number of benzene rings is 2. The smallest absolute Gasteiger partial charge is 0.239 e. The molecule has 0 saturated heterocycles. The summed E-state index contributed by atoms with van der Waals surface area (Å²) in [6.07, 6.45) is 0. The lowest BCUT2D eigenvalue weighted by Crippen LogP contribution is -2.39. The van der Waals surface area contributed by atoms with Crippen molar-refractivity contribution >= 4 is 36.0 Å². The molecule has 0 fully saturated rings. The third-order valence-electron chi connectivity index (χ3n) is 2.92. The molecule has 1 unspecified atom stereocenters. The van der Waals surface area contributed by atoms with Gasteiger partial charge in [0.15, 0.2) is 0 Å². The van der Waals surface area contributed by atoms with Gasteiger partial charge in [-0.2, -0.15) is 12.6 Å². The van der Waals surface area contributed by atoms with Crippen molar-refractivity contribution in [3.05, 3.63) is 60.7 Å². The topological polar surface area (TPSA) is 29.1 Å². The number of nitrogens with one attached hydrogen (secondary N) is 1. The highest BCUT2D eigenvalue weighted by atomic mass is 32.2. The number of hydrogen-bond donors (Lipinski definition) is 2. The number of thioether (sulfide) groups is 1. The van der Waals surface area contributed by atoms with E-state index in [1.54, 1.807) is 0 Å². The molecule has 0 aliphatic carbocycles. The van der Waals surface area contributed by atoms with Gasteiger partial charge in [-0.05, 0) is 38.1 Å². The second-order valence-electron chi connectivity index (χ2n) is 5.32. The second-order valence-corrected chi connectivity index (χ2v) is 7.65. The molecule has 2 aromatic carbocycles. The summed E-state index contributed by atoms with van der Waals surface area (Å²) in [5.74, 6) is -0.0324. The first-order valence-electron chi connectivity index (χ1n) is 6.77. The summed E-state index contributed by atoms with van der Waals surface area (Å²) in [5, 5.41) is 2.67. The number of anilines is 1. The third kappa shape index (κ3) is 4.83. The van der Waals surface area contributed by atoms with Gasteiger partial charge in [-0.3, -0.25) is 4.79 Å². The predicted octanol–water partition coefficient (Wildman–Crippen LogP) is 4.49. The molecule has 1 atom stereocenters. The Morgan fingerprint density at radius 2 is 1.57 bits per heavy atom. The zero-order valence-corrected chi connectivity index (χ0v) is 13.8. The summed E-state index contributed by atoms with van der Waals surface area (Å²) in [4.78, 5) is 13.6. The van der Waals surface area contributed by atoms with Gasteiger partial charge in [0, 0.05) is 15.3 Å². The van der Waals surface area contributed by atoms with E-state index in [2.05, 4.69) is 17.9 Å². The molecule has 110 valence electrons. The third-order valence-corrected chi connectivity index (χ3v) is 4.93. The van der Waals surface area contributed by atoms with Crippen molar-refractivity contribution in [2.45, 2.75) is 28.7 Å². The van der Waals surface area contributed by atoms with Crippen molar-refractivity contribution in [2.75, 3.05) is 5.32 Å². The van der Waals surface area contributed by atoms with Gasteiger partial charge in [0.2, 0.25) is 5.91 Å². The van der Waals surface area contributed by atoms with Gasteiger partial charge >= 0.3 is 0 Å². The first-order chi connectivity index (χ1) is 9.97. The van der Waals surface area contributed by atoms with Gasteiger partial charge in [-0.25, -0.2) is 0 Å². The molecule has 0 aromatic heterocycles. The second kappa shape index (κ2) is 7.05. The van der Waals surface area contributed by atoms with Crippen LogP contribution in [-0.2, 0) is 4.79 Å². The average Bonchev–Trinajstić information content (AvgIpc) is 2.45. The van der Waals surface area contributed by atoms with Crippen LogP contribution in [0.3, 0.4) is 0 Å². The first kappa shape index (κ1) is 16.0. The molecule has 1 amide bonds. The van der Waals surface area contributed by atoms with Crippen LogP contribution in [0.2, 0.25) is 0 Å². The van der Waals surface area contributed by atoms with E-state index in [1.165, 1.54) is 11.8 Å². The molecule has 2 nitrogen and oxygen atoms in total. The van der Waals surface area contributed by atoms with Crippen LogP contribution in [0.15, 0.2) is 65.6 Å². The molecule has 0 radical (unpaired) electrons. The van der Waals surface area contributed by atoms with Gasteiger partial charge in [0.1, 0.15) is 5.25 Å². The van der Waals surface area contributed by atoms with Crippen LogP contribution in [0.5, 0.6) is 0 Å². The number of hydrogen-bond acceptors (Lipinski definition) is 3. The summed E-state index contributed by atoms with van der Waals surface area (Å²) < 4.78 is -0.431. The molecule has 0 heterocycles. The molecule has 4 heteroatoms. The van der Waals surface area contributed by atoms with Crippen molar-refractivity contribution < 1.29 is 4.79 Å². The fourth-order valence-electron chi connectivity index (χ4n) is 1.88. The number of carbonyl (C=O) groups excluding carboxylic acids is 1. The number of rotatable bonds is 5. The van der Waals surface area contributed by atoms with Crippen LogP contribution < -0.4 is 5.32 Å². The standard InChI is InChI=1S/C17H19NOS2/c1-17(2,20)15(21-14-11-7-4-8-12-14)16(19)18-13-9-5-3-6-10-13/h3-12,15,20H,1-2H3,(H,18,19). The summed E-state index contributed by atoms with van der Waals surface area (Å²) in [7, 11) is 0. The van der Waals surface area contributed by atoms with E-state index in [0.717, 1.165) is 10.6 Å². The van der Waals surface area contributed by atoms with Crippen molar-refractivity contribution in [1.29, 1.82) is 0 Å². The number of thiol groups is 1. The largest absolute Gasteiger partial charge is 0.325 e. The number of carbonyl (C=O) groups is 1. The molecular weight excluding hydrogens is 298 g/mol. The SMILES string of the molecule is CC(C)(S)C(Sc1ccccc1)C(=O)Nc1ccccc1. The molecule has 0 bridgehead atoms. The van der Waals surface area contributed by atoms with E-state index in [0.29, 0.717) is 0 Å². The maximum absolute atomic E-state index is 12.6. The molecule has 0 saturated carbocycles. The van der Waals surface area contributed by atoms with Gasteiger partial charge in [-0.15, -0.1) is 11.8 Å². The van der Waals surface area contributed by atoms with Crippen LogP contribution in [0.4, 0.5) is 5.69 Å². The number of amides is 1. The Kier molecular flexibility index (Phi) is 5.37. The fourth-order valence-corrected chi connectivity index (χ4v) is 3.20. The average molecular weight is 317 g/mol. The van der Waals surface area contributed by atoms with Gasteiger partial charge in [0.05, 0.1) is 0 Å². The molecule has 2 rings (SSSR count). The van der Waals surface area contributed by atoms with E-state index >= 15 is 0 Å². The molecular formula is C17H19NOS2. The minimum atomic E-state index is -0.431. The van der Waals surface area contributed by atoms with Crippen molar-refractivity contribution in [1.82, 2.24) is 0 Å². The summed E-state index contributed by atoms with van der Waals surface area (Å²) >= 11 is 6.14. The van der Waals surface area contributed by atoms with Gasteiger partial charge in [0.25, 0.3) is 0 Å². The highest BCUT2D eigenvalue weighted by Gasteiger charge is 2.33. The lowest BCUT2D eigenvalue weighted by Gasteiger charge is -2.28. The minimum Gasteiger partial charge on any atom is -0.325 e. The van der Waals surface area contributed by atoms with Crippen LogP contribution in [0.1, 0.15) is 13.8 Å². The Morgan fingerprint density at radius 1 is 1.05 bits per heavy atom. The Balaban J connectivity index is 2.15. The van der Waals surface area contributed by atoms with Gasteiger partial charge < -0.3 is 5.32 Å². The Hall–Kier alpha value is -1.39. The first-order valence-corrected chi connectivity index (χ1v) is 8.09. The molecule has 0 aliphatic rings. The molecule has 0 spiro atoms. The maximum atomic E-state index is 12.6. The van der Waals surface area contributed by atoms with E-state index in [1.807, 2.05) is 74.5 Å². The molecule has 0 aliphatic heterocycles. The Morgan fingerprint density at radius 3 is 2.10 bits per heavy atom. The van der Waals surface area contributed by atoms with Crippen LogP contribution >= 0.6 is 24.4 Å². The van der Waals surface area contributed by atoms with Crippen molar-refractivity contribution in [3.63, 3.8) is 0 Å². The highest BCUT2D eigenvalue weighted by molar-refractivity contribution is 8.01. The van der Waals surface area contributed by atoms with E-state index in [9.17, 15) is 4.79 Å². The van der Waals surface area contributed by atoms with Crippen molar-refractivity contribution in [3.8, 4) is 0 Å². The molecule has 2 aromatic rings. The Bertz CT molecular complexity index is 579. The lowest BCUT2D eigenvalue weighted by atomic mass is 10.1. The highest BCUT2D eigenvalue weighted by Crippen LogP contribution is 2.34. The van der Waals surface area contributed by atoms with Gasteiger partial charge in [-0.1, -0.05) is 36.4 Å². The van der Waals surface area contributed by atoms with Crippen LogP contribution in [0.25, 0.3) is 0 Å². The predicted molar refractivity (Wildman–Crippen MR) is 94.2 cm³/mol.